The molecule has 3 N–H and O–H groups in total. The third-order valence-electron chi connectivity index (χ3n) is 2.58. The Morgan fingerprint density at radius 2 is 2.11 bits per heavy atom. The lowest BCUT2D eigenvalue weighted by Crippen LogP contribution is -2.38. The zero-order valence-electron chi connectivity index (χ0n) is 11.4. The number of carbonyl (C=O) groups excluding carboxylic acids is 2. The largest absolute Gasteiger partial charge is 0.494 e. The highest BCUT2D eigenvalue weighted by molar-refractivity contribution is 6.00. The lowest BCUT2D eigenvalue weighted by atomic mass is 10.1. The van der Waals surface area contributed by atoms with Gasteiger partial charge in [0.25, 0.3) is 5.91 Å². The number of hydrogen-bond acceptors (Lipinski definition) is 4. The van der Waals surface area contributed by atoms with Crippen molar-refractivity contribution in [3.63, 3.8) is 0 Å². The number of benzene rings is 1. The van der Waals surface area contributed by atoms with Gasteiger partial charge in [-0.3, -0.25) is 9.59 Å². The molecule has 0 aliphatic carbocycles. The molecule has 0 spiro atoms. The van der Waals surface area contributed by atoms with Gasteiger partial charge in [0.15, 0.2) is 5.75 Å². The molecule has 104 valence electrons. The molecule has 6 heteroatoms. The molecular formula is C13H19N3O3. The van der Waals surface area contributed by atoms with Gasteiger partial charge in [0.2, 0.25) is 5.91 Å². The second-order valence-electron chi connectivity index (χ2n) is 4.04. The molecule has 0 bridgehead atoms. The second kappa shape index (κ2) is 6.63. The topological polar surface area (TPSA) is 84.7 Å². The summed E-state index contributed by atoms with van der Waals surface area (Å²) in [6.07, 6.45) is 0. The summed E-state index contributed by atoms with van der Waals surface area (Å²) in [5.74, 6) is -0.188. The number of methoxy groups -OCH3 is 1. The number of rotatable bonds is 5. The van der Waals surface area contributed by atoms with E-state index in [-0.39, 0.29) is 18.4 Å². The van der Waals surface area contributed by atoms with Crippen molar-refractivity contribution in [2.45, 2.75) is 6.92 Å². The lowest BCUT2D eigenvalue weighted by Gasteiger charge is -2.18. The first-order chi connectivity index (χ1) is 9.01. The molecule has 19 heavy (non-hydrogen) atoms. The van der Waals surface area contributed by atoms with Crippen molar-refractivity contribution in [1.82, 2.24) is 10.2 Å². The molecule has 0 saturated carbocycles. The van der Waals surface area contributed by atoms with Crippen molar-refractivity contribution >= 4 is 17.5 Å². The number of nitrogens with one attached hydrogen (secondary N) is 1. The van der Waals surface area contributed by atoms with E-state index in [0.29, 0.717) is 23.5 Å². The van der Waals surface area contributed by atoms with Crippen LogP contribution in [0.2, 0.25) is 0 Å². The molecular weight excluding hydrogens is 246 g/mol. The Morgan fingerprint density at radius 3 is 2.68 bits per heavy atom. The van der Waals surface area contributed by atoms with Crippen molar-refractivity contribution < 1.29 is 14.3 Å². The summed E-state index contributed by atoms with van der Waals surface area (Å²) >= 11 is 0. The molecule has 1 aromatic carbocycles. The minimum atomic E-state index is -0.310. The quantitative estimate of drug-likeness (QED) is 0.759. The van der Waals surface area contributed by atoms with Gasteiger partial charge in [0.1, 0.15) is 0 Å². The fourth-order valence-corrected chi connectivity index (χ4v) is 1.70. The van der Waals surface area contributed by atoms with E-state index in [1.807, 2.05) is 6.92 Å². The van der Waals surface area contributed by atoms with Crippen molar-refractivity contribution in [3.8, 4) is 5.75 Å². The number of anilines is 1. The van der Waals surface area contributed by atoms with Crippen LogP contribution >= 0.6 is 0 Å². The number of nitrogens with two attached hydrogens (primary N) is 1. The van der Waals surface area contributed by atoms with Crippen molar-refractivity contribution in [1.29, 1.82) is 0 Å². The van der Waals surface area contributed by atoms with Crippen molar-refractivity contribution in [2.24, 2.45) is 0 Å². The Labute approximate surface area is 112 Å². The highest BCUT2D eigenvalue weighted by atomic mass is 16.5. The second-order valence-corrected chi connectivity index (χ2v) is 4.04. The molecule has 1 rings (SSSR count). The van der Waals surface area contributed by atoms with Gasteiger partial charge in [0, 0.05) is 13.6 Å². The van der Waals surface area contributed by atoms with Crippen LogP contribution in [0.3, 0.4) is 0 Å². The summed E-state index contributed by atoms with van der Waals surface area (Å²) < 4.78 is 5.13. The van der Waals surface area contributed by atoms with E-state index in [9.17, 15) is 9.59 Å². The van der Waals surface area contributed by atoms with Crippen LogP contribution in [-0.4, -0.2) is 44.0 Å². The maximum Gasteiger partial charge on any atom is 0.257 e. The number of para-hydroxylation sites is 1. The molecule has 0 atom stereocenters. The summed E-state index contributed by atoms with van der Waals surface area (Å²) in [6.45, 7) is 2.34. The van der Waals surface area contributed by atoms with Gasteiger partial charge in [0.05, 0.1) is 24.9 Å². The number of carbonyl (C=O) groups is 2. The van der Waals surface area contributed by atoms with Crippen LogP contribution in [0.5, 0.6) is 5.75 Å². The molecule has 2 amide bonds. The number of hydrogen-bond donors (Lipinski definition) is 2. The first kappa shape index (κ1) is 14.8. The highest BCUT2D eigenvalue weighted by Crippen LogP contribution is 2.26. The maximum absolute atomic E-state index is 12.2. The first-order valence-electron chi connectivity index (χ1n) is 5.95. The van der Waals surface area contributed by atoms with E-state index >= 15 is 0 Å². The number of nitrogen functional groups attached to an aromatic ring is 1. The van der Waals surface area contributed by atoms with Crippen molar-refractivity contribution in [2.75, 3.05) is 33.0 Å². The molecule has 6 nitrogen and oxygen atoms in total. The maximum atomic E-state index is 12.2. The molecule has 0 aliphatic heterocycles. The van der Waals surface area contributed by atoms with E-state index in [2.05, 4.69) is 5.32 Å². The first-order valence-corrected chi connectivity index (χ1v) is 5.95. The number of amides is 2. The van der Waals surface area contributed by atoms with E-state index in [1.165, 1.54) is 12.0 Å². The summed E-state index contributed by atoms with van der Waals surface area (Å²) in [7, 11) is 3.01. The fraction of sp³-hybridized carbons (Fsp3) is 0.385. The van der Waals surface area contributed by atoms with Crippen LogP contribution in [0, 0.1) is 0 Å². The standard InChI is InChI=1S/C13H19N3O3/c1-4-15-11(17)8-16(2)13(18)9-6-5-7-10(14)12(9)19-3/h5-7H,4,8,14H2,1-3H3,(H,15,17). The SMILES string of the molecule is CCNC(=O)CN(C)C(=O)c1cccc(N)c1OC. The van der Waals surface area contributed by atoms with Crippen LogP contribution in [0.4, 0.5) is 5.69 Å². The Kier molecular flexibility index (Phi) is 5.17. The zero-order valence-corrected chi connectivity index (χ0v) is 11.4. The predicted octanol–water partition coefficient (Wildman–Crippen LogP) is 0.485. The average Bonchev–Trinajstić information content (AvgIpc) is 2.37. The van der Waals surface area contributed by atoms with Gasteiger partial charge in [-0.25, -0.2) is 0 Å². The predicted molar refractivity (Wildman–Crippen MR) is 73.1 cm³/mol. The minimum Gasteiger partial charge on any atom is -0.494 e. The van der Waals surface area contributed by atoms with Gasteiger partial charge in [-0.1, -0.05) is 6.07 Å². The fourth-order valence-electron chi connectivity index (χ4n) is 1.70. The Morgan fingerprint density at radius 1 is 1.42 bits per heavy atom. The highest BCUT2D eigenvalue weighted by Gasteiger charge is 2.19. The van der Waals surface area contributed by atoms with E-state index in [1.54, 1.807) is 25.2 Å². The van der Waals surface area contributed by atoms with Gasteiger partial charge >= 0.3 is 0 Å². The summed E-state index contributed by atoms with van der Waals surface area (Å²) in [5, 5.41) is 2.63. The van der Waals surface area contributed by atoms with E-state index < -0.39 is 0 Å². The Hall–Kier alpha value is -2.24. The zero-order chi connectivity index (χ0) is 14.4. The summed E-state index contributed by atoms with van der Waals surface area (Å²) in [4.78, 5) is 25.0. The summed E-state index contributed by atoms with van der Waals surface area (Å²) in [6, 6.07) is 4.94. The third kappa shape index (κ3) is 3.61. The molecule has 0 heterocycles. The molecule has 0 aromatic heterocycles. The average molecular weight is 265 g/mol. The Bertz CT molecular complexity index is 474. The Balaban J connectivity index is 2.88. The number of ether oxygens (including phenoxy) is 1. The van der Waals surface area contributed by atoms with E-state index in [4.69, 9.17) is 10.5 Å². The van der Waals surface area contributed by atoms with Crippen LogP contribution in [0.1, 0.15) is 17.3 Å². The van der Waals surface area contributed by atoms with Crippen LogP contribution in [0.25, 0.3) is 0 Å². The molecule has 0 aliphatic rings. The third-order valence-corrected chi connectivity index (χ3v) is 2.58. The molecule has 1 aromatic rings. The van der Waals surface area contributed by atoms with Gasteiger partial charge < -0.3 is 20.7 Å². The molecule has 0 saturated heterocycles. The van der Waals surface area contributed by atoms with Crippen molar-refractivity contribution in [3.05, 3.63) is 23.8 Å². The van der Waals surface area contributed by atoms with Gasteiger partial charge in [-0.2, -0.15) is 0 Å². The number of nitrogens with zero attached hydrogens (tertiary/aromatic N) is 1. The van der Waals surface area contributed by atoms with Crippen LogP contribution < -0.4 is 15.8 Å². The van der Waals surface area contributed by atoms with E-state index in [0.717, 1.165) is 0 Å². The smallest absolute Gasteiger partial charge is 0.257 e. The van der Waals surface area contributed by atoms with Crippen LogP contribution in [0.15, 0.2) is 18.2 Å². The monoisotopic (exact) mass is 265 g/mol. The normalized spacial score (nSPS) is 9.84. The summed E-state index contributed by atoms with van der Waals surface area (Å²) in [5.41, 5.74) is 6.47. The van der Waals surface area contributed by atoms with Gasteiger partial charge in [-0.15, -0.1) is 0 Å². The lowest BCUT2D eigenvalue weighted by molar-refractivity contribution is -0.121. The van der Waals surface area contributed by atoms with Crippen LogP contribution in [-0.2, 0) is 4.79 Å². The molecule has 0 fully saturated rings. The molecule has 0 unspecified atom stereocenters. The number of likely N-dealkylation sites (N-methyl/N-ethyl adjacent to an activating group) is 2. The molecule has 0 radical (unpaired) electrons. The van der Waals surface area contributed by atoms with Gasteiger partial charge in [-0.05, 0) is 19.1 Å². The minimum absolute atomic E-state index is 0.00930.